The first-order valence-corrected chi connectivity index (χ1v) is 6.09. The van der Waals surface area contributed by atoms with Crippen molar-refractivity contribution >= 4 is 33.3 Å². The fourth-order valence-corrected chi connectivity index (χ4v) is 2.38. The highest BCUT2D eigenvalue weighted by Crippen LogP contribution is 2.24. The molecule has 0 saturated heterocycles. The molecule has 0 saturated carbocycles. The van der Waals surface area contributed by atoms with Crippen LogP contribution < -0.4 is 0 Å². The van der Waals surface area contributed by atoms with Crippen LogP contribution in [-0.2, 0) is 11.2 Å². The molecule has 0 spiro atoms. The van der Waals surface area contributed by atoms with Crippen LogP contribution in [0.3, 0.4) is 0 Å². The summed E-state index contributed by atoms with van der Waals surface area (Å²) in [7, 11) is 0. The average Bonchev–Trinajstić information content (AvgIpc) is 2.08. The van der Waals surface area contributed by atoms with E-state index in [1.165, 1.54) is 0 Å². The van der Waals surface area contributed by atoms with Crippen molar-refractivity contribution in [1.29, 1.82) is 0 Å². The largest absolute Gasteiger partial charge is 0.300 e. The lowest BCUT2D eigenvalue weighted by Gasteiger charge is -2.10. The first-order chi connectivity index (χ1) is 6.99. The molecule has 15 heavy (non-hydrogen) atoms. The van der Waals surface area contributed by atoms with E-state index < -0.39 is 0 Å². The molecule has 0 aliphatic rings. The fourth-order valence-electron chi connectivity index (χ4n) is 1.63. The maximum Gasteiger partial charge on any atom is 0.130 e. The third kappa shape index (κ3) is 4.35. The Morgan fingerprint density at radius 2 is 2.20 bits per heavy atom. The van der Waals surface area contributed by atoms with Crippen LogP contribution in [0.1, 0.15) is 25.8 Å². The lowest BCUT2D eigenvalue weighted by molar-refractivity contribution is -0.117. The quantitative estimate of drug-likeness (QED) is 0.809. The summed E-state index contributed by atoms with van der Waals surface area (Å²) in [6.45, 7) is 3.69. The normalized spacial score (nSPS) is 12.5. The van der Waals surface area contributed by atoms with E-state index >= 15 is 0 Å². The first kappa shape index (κ1) is 12.7. The summed E-state index contributed by atoms with van der Waals surface area (Å²) < 4.78 is 0.982. The Morgan fingerprint density at radius 1 is 1.53 bits per heavy atom. The average molecular weight is 290 g/mol. The number of rotatable bonds is 4. The standard InChI is InChI=1S/C12H14BrClO/c1-8(5-9(2)15)6-10-3-4-11(13)7-12(10)14/h3-4,7-8H,5-6H2,1-2H3. The Labute approximate surface area is 104 Å². The van der Waals surface area contributed by atoms with Gasteiger partial charge in [-0.3, -0.25) is 0 Å². The maximum atomic E-state index is 10.9. The van der Waals surface area contributed by atoms with Gasteiger partial charge in [-0.2, -0.15) is 0 Å². The molecule has 82 valence electrons. The number of benzene rings is 1. The second-order valence-electron chi connectivity index (χ2n) is 3.95. The second-order valence-corrected chi connectivity index (χ2v) is 5.27. The topological polar surface area (TPSA) is 17.1 Å². The lowest BCUT2D eigenvalue weighted by Crippen LogP contribution is -2.05. The minimum Gasteiger partial charge on any atom is -0.300 e. The third-order valence-corrected chi connectivity index (χ3v) is 3.06. The molecule has 0 fully saturated rings. The molecule has 3 heteroatoms. The van der Waals surface area contributed by atoms with Crippen LogP contribution >= 0.6 is 27.5 Å². The van der Waals surface area contributed by atoms with Gasteiger partial charge in [-0.15, -0.1) is 0 Å². The molecular weight excluding hydrogens is 275 g/mol. The van der Waals surface area contributed by atoms with Crippen molar-refractivity contribution in [1.82, 2.24) is 0 Å². The van der Waals surface area contributed by atoms with Gasteiger partial charge < -0.3 is 4.79 Å². The summed E-state index contributed by atoms with van der Waals surface area (Å²) in [5, 5.41) is 0.764. The molecule has 0 aromatic heterocycles. The molecule has 1 atom stereocenters. The molecule has 0 bridgehead atoms. The Balaban J connectivity index is 2.68. The van der Waals surface area contributed by atoms with E-state index in [0.717, 1.165) is 21.5 Å². The van der Waals surface area contributed by atoms with E-state index in [-0.39, 0.29) is 5.78 Å². The zero-order valence-electron chi connectivity index (χ0n) is 8.89. The number of hydrogen-bond donors (Lipinski definition) is 0. The van der Waals surface area contributed by atoms with Crippen molar-refractivity contribution < 1.29 is 4.79 Å². The summed E-state index contributed by atoms with van der Waals surface area (Å²) >= 11 is 9.46. The Morgan fingerprint density at radius 3 is 2.73 bits per heavy atom. The van der Waals surface area contributed by atoms with Crippen molar-refractivity contribution in [3.05, 3.63) is 33.3 Å². The summed E-state index contributed by atoms with van der Waals surface area (Å²) in [5.41, 5.74) is 1.11. The first-order valence-electron chi connectivity index (χ1n) is 4.92. The van der Waals surface area contributed by atoms with E-state index in [9.17, 15) is 4.79 Å². The number of Topliss-reactive ketones (excluding diaryl/α,β-unsaturated/α-hetero) is 1. The predicted molar refractivity (Wildman–Crippen MR) is 67.3 cm³/mol. The minimum atomic E-state index is 0.232. The van der Waals surface area contributed by atoms with Gasteiger partial charge in [0, 0.05) is 15.9 Å². The van der Waals surface area contributed by atoms with Gasteiger partial charge in [-0.05, 0) is 37.0 Å². The molecule has 0 N–H and O–H groups in total. The van der Waals surface area contributed by atoms with Crippen LogP contribution in [0.25, 0.3) is 0 Å². The minimum absolute atomic E-state index is 0.232. The van der Waals surface area contributed by atoms with Gasteiger partial charge in [0.15, 0.2) is 0 Å². The Bertz CT molecular complexity index is 363. The Hall–Kier alpha value is -0.340. The number of hydrogen-bond acceptors (Lipinski definition) is 1. The predicted octanol–water partition coefficient (Wildman–Crippen LogP) is 4.26. The molecule has 1 unspecified atom stereocenters. The summed E-state index contributed by atoms with van der Waals surface area (Å²) in [5.74, 6) is 0.580. The molecule has 1 nitrogen and oxygen atoms in total. The molecule has 1 aromatic rings. The van der Waals surface area contributed by atoms with Gasteiger partial charge in [-0.1, -0.05) is 40.5 Å². The van der Waals surface area contributed by atoms with E-state index in [1.54, 1.807) is 6.92 Å². The van der Waals surface area contributed by atoms with E-state index in [1.807, 2.05) is 18.2 Å². The monoisotopic (exact) mass is 288 g/mol. The lowest BCUT2D eigenvalue weighted by atomic mass is 9.96. The van der Waals surface area contributed by atoms with Crippen LogP contribution in [0.4, 0.5) is 0 Å². The summed E-state index contributed by atoms with van der Waals surface area (Å²) in [6.07, 6.45) is 1.47. The molecule has 0 aliphatic carbocycles. The molecule has 0 amide bonds. The van der Waals surface area contributed by atoms with Gasteiger partial charge in [0.05, 0.1) is 0 Å². The van der Waals surface area contributed by atoms with Gasteiger partial charge in [0.25, 0.3) is 0 Å². The molecule has 0 radical (unpaired) electrons. The third-order valence-electron chi connectivity index (χ3n) is 2.22. The summed E-state index contributed by atoms with van der Waals surface area (Å²) in [4.78, 5) is 10.9. The van der Waals surface area contributed by atoms with Gasteiger partial charge in [0.2, 0.25) is 0 Å². The number of carbonyl (C=O) groups is 1. The zero-order valence-corrected chi connectivity index (χ0v) is 11.2. The number of carbonyl (C=O) groups excluding carboxylic acids is 1. The fraction of sp³-hybridized carbons (Fsp3) is 0.417. The SMILES string of the molecule is CC(=O)CC(C)Cc1ccc(Br)cc1Cl. The van der Waals surface area contributed by atoms with Gasteiger partial charge in [0.1, 0.15) is 5.78 Å². The van der Waals surface area contributed by atoms with Crippen molar-refractivity contribution in [2.24, 2.45) is 5.92 Å². The highest BCUT2D eigenvalue weighted by Gasteiger charge is 2.09. The number of halogens is 2. The van der Waals surface area contributed by atoms with E-state index in [4.69, 9.17) is 11.6 Å². The number of ketones is 1. The van der Waals surface area contributed by atoms with Crippen LogP contribution in [0.5, 0.6) is 0 Å². The zero-order chi connectivity index (χ0) is 11.4. The molecule has 0 aliphatic heterocycles. The van der Waals surface area contributed by atoms with Crippen LogP contribution in [0, 0.1) is 5.92 Å². The van der Waals surface area contributed by atoms with Crippen molar-refractivity contribution in [2.75, 3.05) is 0 Å². The summed E-state index contributed by atoms with van der Waals surface area (Å²) in [6, 6.07) is 5.86. The van der Waals surface area contributed by atoms with E-state index in [0.29, 0.717) is 12.3 Å². The van der Waals surface area contributed by atoms with Crippen LogP contribution in [-0.4, -0.2) is 5.78 Å². The Kier molecular flexibility index (Phi) is 4.81. The van der Waals surface area contributed by atoms with E-state index in [2.05, 4.69) is 22.9 Å². The molecule has 1 rings (SSSR count). The molecule has 0 heterocycles. The van der Waals surface area contributed by atoms with Crippen molar-refractivity contribution in [3.63, 3.8) is 0 Å². The molecule has 1 aromatic carbocycles. The highest BCUT2D eigenvalue weighted by molar-refractivity contribution is 9.10. The highest BCUT2D eigenvalue weighted by atomic mass is 79.9. The van der Waals surface area contributed by atoms with Crippen LogP contribution in [0.15, 0.2) is 22.7 Å². The second kappa shape index (κ2) is 5.66. The van der Waals surface area contributed by atoms with Gasteiger partial charge >= 0.3 is 0 Å². The smallest absolute Gasteiger partial charge is 0.130 e. The molecular formula is C12H14BrClO. The van der Waals surface area contributed by atoms with Crippen molar-refractivity contribution in [3.8, 4) is 0 Å². The van der Waals surface area contributed by atoms with Crippen molar-refractivity contribution in [2.45, 2.75) is 26.7 Å². The van der Waals surface area contributed by atoms with Crippen LogP contribution in [0.2, 0.25) is 5.02 Å². The van der Waals surface area contributed by atoms with Gasteiger partial charge in [-0.25, -0.2) is 0 Å². The maximum absolute atomic E-state index is 10.9.